The highest BCUT2D eigenvalue weighted by molar-refractivity contribution is 4.75. The molecule has 0 unspecified atom stereocenters. The molecule has 0 atom stereocenters. The van der Waals surface area contributed by atoms with E-state index in [4.69, 9.17) is 0 Å². The molecule has 0 aromatic heterocycles. The van der Waals surface area contributed by atoms with E-state index < -0.39 is 0 Å². The first-order valence-corrected chi connectivity index (χ1v) is 6.59. The van der Waals surface area contributed by atoms with Crippen molar-refractivity contribution in [1.82, 2.24) is 10.2 Å². The minimum Gasteiger partial charge on any atom is -0.312 e. The molecule has 1 fully saturated rings. The van der Waals surface area contributed by atoms with Gasteiger partial charge in [-0.2, -0.15) is 0 Å². The highest BCUT2D eigenvalue weighted by Crippen LogP contribution is 2.14. The summed E-state index contributed by atoms with van der Waals surface area (Å²) in [6.45, 7) is 11.7. The van der Waals surface area contributed by atoms with Crippen LogP contribution < -0.4 is 5.32 Å². The Balaban J connectivity index is 2.30. The molecule has 1 aliphatic rings. The lowest BCUT2D eigenvalue weighted by molar-refractivity contribution is 0.189. The van der Waals surface area contributed by atoms with Crippen LogP contribution in [0, 0.1) is 0 Å². The van der Waals surface area contributed by atoms with E-state index in [2.05, 4.69) is 37.9 Å². The number of rotatable bonds is 3. The van der Waals surface area contributed by atoms with Crippen LogP contribution in [0.5, 0.6) is 0 Å². The van der Waals surface area contributed by atoms with Crippen LogP contribution in [0.4, 0.5) is 0 Å². The lowest BCUT2D eigenvalue weighted by Gasteiger charge is -2.31. The van der Waals surface area contributed by atoms with E-state index in [-0.39, 0.29) is 0 Å². The lowest BCUT2D eigenvalue weighted by Crippen LogP contribution is -2.40. The summed E-state index contributed by atoms with van der Waals surface area (Å²) < 4.78 is 0. The molecular formula is C13H28N2. The summed E-state index contributed by atoms with van der Waals surface area (Å²) in [5.41, 5.74) is 0. The van der Waals surface area contributed by atoms with Crippen LogP contribution in [-0.4, -0.2) is 36.1 Å². The van der Waals surface area contributed by atoms with Crippen molar-refractivity contribution < 1.29 is 0 Å². The second kappa shape index (κ2) is 6.49. The SMILES string of the molecule is CC(C)NC1CCCN(C(C)C)CCC1. The van der Waals surface area contributed by atoms with Gasteiger partial charge in [0.15, 0.2) is 0 Å². The van der Waals surface area contributed by atoms with Crippen molar-refractivity contribution in [2.45, 2.75) is 71.5 Å². The summed E-state index contributed by atoms with van der Waals surface area (Å²) in [4.78, 5) is 2.62. The van der Waals surface area contributed by atoms with E-state index in [0.717, 1.165) is 12.1 Å². The molecule has 0 saturated carbocycles. The fourth-order valence-corrected chi connectivity index (χ4v) is 2.49. The Kier molecular flexibility index (Phi) is 5.62. The summed E-state index contributed by atoms with van der Waals surface area (Å²) in [5, 5.41) is 3.67. The largest absolute Gasteiger partial charge is 0.312 e. The van der Waals surface area contributed by atoms with Gasteiger partial charge in [0.2, 0.25) is 0 Å². The third-order valence-corrected chi connectivity index (χ3v) is 3.30. The molecular weight excluding hydrogens is 184 g/mol. The Morgan fingerprint density at radius 3 is 1.93 bits per heavy atom. The third-order valence-electron chi connectivity index (χ3n) is 3.30. The lowest BCUT2D eigenvalue weighted by atomic mass is 10.0. The van der Waals surface area contributed by atoms with Crippen LogP contribution in [0.3, 0.4) is 0 Å². The molecule has 1 saturated heterocycles. The zero-order chi connectivity index (χ0) is 11.3. The van der Waals surface area contributed by atoms with Crippen molar-refractivity contribution in [1.29, 1.82) is 0 Å². The normalized spacial score (nSPS) is 22.0. The molecule has 1 aliphatic heterocycles. The molecule has 2 nitrogen and oxygen atoms in total. The highest BCUT2D eigenvalue weighted by atomic mass is 15.1. The zero-order valence-corrected chi connectivity index (χ0v) is 10.9. The van der Waals surface area contributed by atoms with Gasteiger partial charge in [0.1, 0.15) is 0 Å². The van der Waals surface area contributed by atoms with Gasteiger partial charge in [0, 0.05) is 18.1 Å². The van der Waals surface area contributed by atoms with Gasteiger partial charge >= 0.3 is 0 Å². The second-order valence-corrected chi connectivity index (χ2v) is 5.43. The Hall–Kier alpha value is -0.0800. The Bertz CT molecular complexity index is 156. The molecule has 0 spiro atoms. The quantitative estimate of drug-likeness (QED) is 0.773. The third kappa shape index (κ3) is 4.98. The first kappa shape index (κ1) is 13.0. The molecule has 1 N–H and O–H groups in total. The van der Waals surface area contributed by atoms with E-state index in [1.807, 2.05) is 0 Å². The van der Waals surface area contributed by atoms with Gasteiger partial charge in [0.25, 0.3) is 0 Å². The van der Waals surface area contributed by atoms with Crippen molar-refractivity contribution in [3.63, 3.8) is 0 Å². The van der Waals surface area contributed by atoms with Gasteiger partial charge in [-0.1, -0.05) is 13.8 Å². The van der Waals surface area contributed by atoms with Gasteiger partial charge in [0.05, 0.1) is 0 Å². The molecule has 0 radical (unpaired) electrons. The van der Waals surface area contributed by atoms with Crippen LogP contribution in [0.15, 0.2) is 0 Å². The maximum atomic E-state index is 3.67. The predicted octanol–water partition coefficient (Wildman–Crippen LogP) is 2.64. The number of hydrogen-bond donors (Lipinski definition) is 1. The van der Waals surface area contributed by atoms with E-state index in [0.29, 0.717) is 6.04 Å². The summed E-state index contributed by atoms with van der Waals surface area (Å²) in [6.07, 6.45) is 5.40. The molecule has 0 amide bonds. The Labute approximate surface area is 95.4 Å². The van der Waals surface area contributed by atoms with Gasteiger partial charge < -0.3 is 10.2 Å². The molecule has 1 heterocycles. The summed E-state index contributed by atoms with van der Waals surface area (Å²) in [7, 11) is 0. The van der Waals surface area contributed by atoms with Gasteiger partial charge in [-0.3, -0.25) is 0 Å². The van der Waals surface area contributed by atoms with E-state index in [1.54, 1.807) is 0 Å². The van der Waals surface area contributed by atoms with Crippen LogP contribution in [0.25, 0.3) is 0 Å². The van der Waals surface area contributed by atoms with Gasteiger partial charge in [-0.05, 0) is 52.6 Å². The second-order valence-electron chi connectivity index (χ2n) is 5.43. The maximum absolute atomic E-state index is 3.67. The van der Waals surface area contributed by atoms with Crippen LogP contribution in [-0.2, 0) is 0 Å². The van der Waals surface area contributed by atoms with Gasteiger partial charge in [-0.25, -0.2) is 0 Å². The van der Waals surface area contributed by atoms with E-state index >= 15 is 0 Å². The number of likely N-dealkylation sites (tertiary alicyclic amines) is 1. The van der Waals surface area contributed by atoms with Crippen LogP contribution in [0.1, 0.15) is 53.4 Å². The fourth-order valence-electron chi connectivity index (χ4n) is 2.49. The molecule has 0 aromatic rings. The minimum absolute atomic E-state index is 0.635. The molecule has 2 heteroatoms. The van der Waals surface area contributed by atoms with Crippen LogP contribution in [0.2, 0.25) is 0 Å². The Morgan fingerprint density at radius 1 is 1.00 bits per heavy atom. The predicted molar refractivity (Wildman–Crippen MR) is 67.2 cm³/mol. The van der Waals surface area contributed by atoms with E-state index in [9.17, 15) is 0 Å². The minimum atomic E-state index is 0.635. The van der Waals surface area contributed by atoms with Gasteiger partial charge in [-0.15, -0.1) is 0 Å². The topological polar surface area (TPSA) is 15.3 Å². The molecule has 0 bridgehead atoms. The smallest absolute Gasteiger partial charge is 0.00703 e. The van der Waals surface area contributed by atoms with Crippen molar-refractivity contribution in [2.75, 3.05) is 13.1 Å². The average Bonchev–Trinajstić information content (AvgIpc) is 2.07. The summed E-state index contributed by atoms with van der Waals surface area (Å²) in [5.74, 6) is 0. The number of nitrogens with one attached hydrogen (secondary N) is 1. The summed E-state index contributed by atoms with van der Waals surface area (Å²) in [6, 6.07) is 2.12. The van der Waals surface area contributed by atoms with Crippen molar-refractivity contribution in [3.8, 4) is 0 Å². The zero-order valence-electron chi connectivity index (χ0n) is 10.9. The molecule has 0 aromatic carbocycles. The number of nitrogens with zero attached hydrogens (tertiary/aromatic N) is 1. The molecule has 15 heavy (non-hydrogen) atoms. The van der Waals surface area contributed by atoms with Crippen LogP contribution >= 0.6 is 0 Å². The summed E-state index contributed by atoms with van der Waals surface area (Å²) >= 11 is 0. The first-order valence-electron chi connectivity index (χ1n) is 6.59. The maximum Gasteiger partial charge on any atom is 0.00703 e. The average molecular weight is 212 g/mol. The fraction of sp³-hybridized carbons (Fsp3) is 1.00. The standard InChI is InChI=1S/C13H28N2/c1-11(2)14-13-7-5-9-15(12(3)4)10-6-8-13/h11-14H,5-10H2,1-4H3. The molecule has 90 valence electrons. The van der Waals surface area contributed by atoms with Crippen molar-refractivity contribution in [2.24, 2.45) is 0 Å². The van der Waals surface area contributed by atoms with E-state index in [1.165, 1.54) is 38.8 Å². The first-order chi connectivity index (χ1) is 7.09. The van der Waals surface area contributed by atoms with Crippen molar-refractivity contribution in [3.05, 3.63) is 0 Å². The highest BCUT2D eigenvalue weighted by Gasteiger charge is 2.16. The number of hydrogen-bond acceptors (Lipinski definition) is 2. The molecule has 0 aliphatic carbocycles. The Morgan fingerprint density at radius 2 is 1.53 bits per heavy atom. The van der Waals surface area contributed by atoms with Crippen molar-refractivity contribution >= 4 is 0 Å². The monoisotopic (exact) mass is 212 g/mol. The molecule has 1 rings (SSSR count).